The first-order valence-electron chi connectivity index (χ1n) is 5.38. The Morgan fingerprint density at radius 1 is 1.53 bits per heavy atom. The first kappa shape index (κ1) is 11.7. The van der Waals surface area contributed by atoms with E-state index in [2.05, 4.69) is 0 Å². The average molecular weight is 238 g/mol. The number of fused-ring (bicyclic) bond motifs is 1. The molecular formula is C12H14O5. The normalized spacial score (nSPS) is 14.5. The van der Waals surface area contributed by atoms with Crippen LogP contribution in [0, 0.1) is 6.92 Å². The van der Waals surface area contributed by atoms with Crippen LogP contribution < -0.4 is 9.47 Å². The average Bonchev–Trinajstić information content (AvgIpc) is 2.77. The number of carbonyl (C=O) groups excluding carboxylic acids is 1. The van der Waals surface area contributed by atoms with Crippen molar-refractivity contribution in [3.63, 3.8) is 0 Å². The van der Waals surface area contributed by atoms with E-state index in [-0.39, 0.29) is 13.4 Å². The van der Waals surface area contributed by atoms with Crippen LogP contribution in [0.2, 0.25) is 0 Å². The van der Waals surface area contributed by atoms with Crippen molar-refractivity contribution in [3.8, 4) is 11.5 Å². The maximum atomic E-state index is 11.4. The molecule has 0 radical (unpaired) electrons. The van der Waals surface area contributed by atoms with Gasteiger partial charge in [0.1, 0.15) is 0 Å². The second-order valence-electron chi connectivity index (χ2n) is 3.73. The molecule has 5 heteroatoms. The van der Waals surface area contributed by atoms with Crippen molar-refractivity contribution >= 4 is 5.97 Å². The number of aryl methyl sites for hydroxylation is 1. The second-order valence-corrected chi connectivity index (χ2v) is 3.73. The lowest BCUT2D eigenvalue weighted by molar-refractivity contribution is -0.153. The van der Waals surface area contributed by atoms with Crippen LogP contribution in [0.3, 0.4) is 0 Å². The van der Waals surface area contributed by atoms with Gasteiger partial charge in [0.15, 0.2) is 17.6 Å². The Hall–Kier alpha value is -1.75. The molecule has 0 bridgehead atoms. The van der Waals surface area contributed by atoms with Crippen molar-refractivity contribution in [2.75, 3.05) is 13.4 Å². The number of aliphatic hydroxyl groups excluding tert-OH is 1. The van der Waals surface area contributed by atoms with Gasteiger partial charge in [-0.25, -0.2) is 4.79 Å². The minimum absolute atomic E-state index is 0.162. The number of aliphatic hydroxyl groups is 1. The lowest BCUT2D eigenvalue weighted by atomic mass is 10.1. The molecule has 1 aliphatic heterocycles. The molecule has 17 heavy (non-hydrogen) atoms. The number of carbonyl (C=O) groups is 1. The fourth-order valence-electron chi connectivity index (χ4n) is 1.73. The summed E-state index contributed by atoms with van der Waals surface area (Å²) in [5.74, 6) is 0.541. The maximum Gasteiger partial charge on any atom is 0.339 e. The molecule has 1 heterocycles. The topological polar surface area (TPSA) is 65.0 Å². The number of ether oxygens (including phenoxy) is 3. The van der Waals surface area contributed by atoms with E-state index in [0.29, 0.717) is 17.1 Å². The van der Waals surface area contributed by atoms with Crippen LogP contribution in [-0.4, -0.2) is 24.5 Å². The van der Waals surface area contributed by atoms with Crippen molar-refractivity contribution in [2.24, 2.45) is 0 Å². The summed E-state index contributed by atoms with van der Waals surface area (Å²) in [5, 5.41) is 9.80. The summed E-state index contributed by atoms with van der Waals surface area (Å²) in [6, 6.07) is 3.28. The van der Waals surface area contributed by atoms with Gasteiger partial charge in [0.05, 0.1) is 6.61 Å². The first-order chi connectivity index (χ1) is 8.13. The van der Waals surface area contributed by atoms with Crippen LogP contribution in [0.4, 0.5) is 0 Å². The van der Waals surface area contributed by atoms with E-state index in [1.165, 1.54) is 0 Å². The summed E-state index contributed by atoms with van der Waals surface area (Å²) in [5.41, 5.74) is 1.27. The van der Waals surface area contributed by atoms with Crippen LogP contribution in [0.25, 0.3) is 0 Å². The molecule has 0 spiro atoms. The Labute approximate surface area is 98.9 Å². The number of esters is 1. The molecule has 2 rings (SSSR count). The highest BCUT2D eigenvalue weighted by molar-refractivity contribution is 5.76. The summed E-state index contributed by atoms with van der Waals surface area (Å²) in [6.07, 6.45) is -1.29. The van der Waals surface area contributed by atoms with Crippen LogP contribution in [0.5, 0.6) is 11.5 Å². The van der Waals surface area contributed by atoms with Gasteiger partial charge in [0, 0.05) is 0 Å². The smallest absolute Gasteiger partial charge is 0.339 e. The van der Waals surface area contributed by atoms with Gasteiger partial charge in [-0.15, -0.1) is 0 Å². The zero-order valence-corrected chi connectivity index (χ0v) is 9.73. The minimum atomic E-state index is -1.29. The van der Waals surface area contributed by atoms with E-state index >= 15 is 0 Å². The van der Waals surface area contributed by atoms with Crippen LogP contribution in [0.15, 0.2) is 12.1 Å². The standard InChI is InChI=1S/C12H14O5/c1-3-15-12(14)10(13)8-4-7(2)11-9(5-8)16-6-17-11/h4-5,10,13H,3,6H2,1-2H3. The predicted molar refractivity (Wildman–Crippen MR) is 58.9 cm³/mol. The van der Waals surface area contributed by atoms with Crippen LogP contribution >= 0.6 is 0 Å². The third-order valence-electron chi connectivity index (χ3n) is 2.51. The van der Waals surface area contributed by atoms with Crippen molar-refractivity contribution in [1.82, 2.24) is 0 Å². The summed E-state index contributed by atoms with van der Waals surface area (Å²) in [7, 11) is 0. The summed E-state index contributed by atoms with van der Waals surface area (Å²) < 4.78 is 15.2. The molecular weight excluding hydrogens is 224 g/mol. The lowest BCUT2D eigenvalue weighted by Gasteiger charge is -2.11. The fourth-order valence-corrected chi connectivity index (χ4v) is 1.73. The van der Waals surface area contributed by atoms with Gasteiger partial charge in [-0.3, -0.25) is 0 Å². The predicted octanol–water partition coefficient (Wildman–Crippen LogP) is 1.32. The molecule has 1 atom stereocenters. The number of hydrogen-bond donors (Lipinski definition) is 1. The third-order valence-corrected chi connectivity index (χ3v) is 2.51. The first-order valence-corrected chi connectivity index (χ1v) is 5.38. The molecule has 1 aromatic rings. The van der Waals surface area contributed by atoms with Crippen LogP contribution in [0.1, 0.15) is 24.2 Å². The zero-order chi connectivity index (χ0) is 12.4. The molecule has 0 saturated heterocycles. The highest BCUT2D eigenvalue weighted by atomic mass is 16.7. The van der Waals surface area contributed by atoms with E-state index in [1.54, 1.807) is 19.1 Å². The zero-order valence-electron chi connectivity index (χ0n) is 9.73. The van der Waals surface area contributed by atoms with Gasteiger partial charge < -0.3 is 19.3 Å². The molecule has 0 aliphatic carbocycles. The van der Waals surface area contributed by atoms with E-state index in [1.807, 2.05) is 6.92 Å². The Bertz CT molecular complexity index is 441. The highest BCUT2D eigenvalue weighted by Gasteiger charge is 2.24. The molecule has 1 N–H and O–H groups in total. The van der Waals surface area contributed by atoms with Crippen molar-refractivity contribution < 1.29 is 24.1 Å². The molecule has 1 aliphatic rings. The van der Waals surface area contributed by atoms with Gasteiger partial charge in [0.25, 0.3) is 0 Å². The van der Waals surface area contributed by atoms with Crippen molar-refractivity contribution in [1.29, 1.82) is 0 Å². The summed E-state index contributed by atoms with van der Waals surface area (Å²) in [4.78, 5) is 11.4. The third kappa shape index (κ3) is 2.19. The monoisotopic (exact) mass is 238 g/mol. The van der Waals surface area contributed by atoms with Crippen molar-refractivity contribution in [3.05, 3.63) is 23.3 Å². The van der Waals surface area contributed by atoms with E-state index in [9.17, 15) is 9.90 Å². The Morgan fingerprint density at radius 3 is 3.00 bits per heavy atom. The van der Waals surface area contributed by atoms with Gasteiger partial charge in [-0.1, -0.05) is 0 Å². The fraction of sp³-hybridized carbons (Fsp3) is 0.417. The van der Waals surface area contributed by atoms with E-state index < -0.39 is 12.1 Å². The quantitative estimate of drug-likeness (QED) is 0.804. The lowest BCUT2D eigenvalue weighted by Crippen LogP contribution is -2.15. The Balaban J connectivity index is 2.28. The number of benzene rings is 1. The molecule has 0 saturated carbocycles. The largest absolute Gasteiger partial charge is 0.464 e. The highest BCUT2D eigenvalue weighted by Crippen LogP contribution is 2.37. The molecule has 5 nitrogen and oxygen atoms in total. The van der Waals surface area contributed by atoms with Gasteiger partial charge in [-0.2, -0.15) is 0 Å². The number of hydrogen-bond acceptors (Lipinski definition) is 5. The maximum absolute atomic E-state index is 11.4. The summed E-state index contributed by atoms with van der Waals surface area (Å²) >= 11 is 0. The van der Waals surface area contributed by atoms with Gasteiger partial charge in [-0.05, 0) is 37.1 Å². The van der Waals surface area contributed by atoms with Gasteiger partial charge >= 0.3 is 5.97 Å². The molecule has 0 fully saturated rings. The van der Waals surface area contributed by atoms with E-state index in [0.717, 1.165) is 5.56 Å². The van der Waals surface area contributed by atoms with Crippen molar-refractivity contribution in [2.45, 2.75) is 20.0 Å². The summed E-state index contributed by atoms with van der Waals surface area (Å²) in [6.45, 7) is 3.92. The number of rotatable bonds is 3. The minimum Gasteiger partial charge on any atom is -0.464 e. The SMILES string of the molecule is CCOC(=O)C(O)c1cc(C)c2c(c1)OCO2. The van der Waals surface area contributed by atoms with E-state index in [4.69, 9.17) is 14.2 Å². The molecule has 0 amide bonds. The Morgan fingerprint density at radius 2 is 2.29 bits per heavy atom. The Kier molecular flexibility index (Phi) is 3.19. The molecule has 1 unspecified atom stereocenters. The van der Waals surface area contributed by atoms with Crippen LogP contribution in [-0.2, 0) is 9.53 Å². The second kappa shape index (κ2) is 4.63. The van der Waals surface area contributed by atoms with Gasteiger partial charge in [0.2, 0.25) is 6.79 Å². The molecule has 92 valence electrons. The molecule has 1 aromatic carbocycles. The molecule has 0 aromatic heterocycles.